The lowest BCUT2D eigenvalue weighted by atomic mass is 10.1. The standard InChI is InChI=1S/C14H21FN4/c1-9-7-19(8-13(9)18(2)3)12-5-4-10(14(16)17)6-11(12)15/h4-6,9,13H,7-8H2,1-3H3,(H3,16,17). The molecule has 0 spiro atoms. The highest BCUT2D eigenvalue weighted by Gasteiger charge is 2.32. The average molecular weight is 264 g/mol. The van der Waals surface area contributed by atoms with Crippen LogP contribution in [0.4, 0.5) is 10.1 Å². The van der Waals surface area contributed by atoms with Gasteiger partial charge in [-0.2, -0.15) is 0 Å². The summed E-state index contributed by atoms with van der Waals surface area (Å²) in [6, 6.07) is 5.20. The van der Waals surface area contributed by atoms with E-state index >= 15 is 0 Å². The summed E-state index contributed by atoms with van der Waals surface area (Å²) in [7, 11) is 4.11. The number of hydrogen-bond acceptors (Lipinski definition) is 3. The minimum atomic E-state index is -0.306. The van der Waals surface area contributed by atoms with Crippen LogP contribution in [0, 0.1) is 17.1 Å². The summed E-state index contributed by atoms with van der Waals surface area (Å²) in [6.07, 6.45) is 0. The molecule has 0 aromatic heterocycles. The van der Waals surface area contributed by atoms with Crippen molar-refractivity contribution < 1.29 is 4.39 Å². The molecule has 1 aliphatic rings. The lowest BCUT2D eigenvalue weighted by molar-refractivity contribution is 0.266. The molecular formula is C14H21FN4. The number of benzene rings is 1. The first-order chi connectivity index (χ1) is 8.90. The number of rotatable bonds is 3. The molecule has 104 valence electrons. The van der Waals surface area contributed by atoms with E-state index in [2.05, 4.69) is 30.8 Å². The molecule has 19 heavy (non-hydrogen) atoms. The van der Waals surface area contributed by atoms with Crippen molar-refractivity contribution in [3.05, 3.63) is 29.6 Å². The van der Waals surface area contributed by atoms with Crippen LogP contribution in [0.2, 0.25) is 0 Å². The Morgan fingerprint density at radius 3 is 2.58 bits per heavy atom. The van der Waals surface area contributed by atoms with E-state index in [4.69, 9.17) is 11.1 Å². The van der Waals surface area contributed by atoms with Crippen LogP contribution in [0.15, 0.2) is 18.2 Å². The van der Waals surface area contributed by atoms with Crippen molar-refractivity contribution in [3.8, 4) is 0 Å². The fourth-order valence-electron chi connectivity index (χ4n) is 2.75. The second kappa shape index (κ2) is 5.17. The van der Waals surface area contributed by atoms with Crippen LogP contribution in [-0.4, -0.2) is 44.0 Å². The van der Waals surface area contributed by atoms with Crippen LogP contribution >= 0.6 is 0 Å². The molecule has 1 saturated heterocycles. The van der Waals surface area contributed by atoms with Crippen molar-refractivity contribution in [2.75, 3.05) is 32.1 Å². The number of nitrogen functional groups attached to an aromatic ring is 1. The molecule has 0 aliphatic carbocycles. The fraction of sp³-hybridized carbons (Fsp3) is 0.500. The predicted octanol–water partition coefficient (Wildman–Crippen LogP) is 1.50. The normalized spacial score (nSPS) is 23.1. The van der Waals surface area contributed by atoms with Gasteiger partial charge in [-0.3, -0.25) is 5.41 Å². The second-order valence-electron chi connectivity index (χ2n) is 5.49. The number of nitrogens with two attached hydrogens (primary N) is 1. The van der Waals surface area contributed by atoms with Gasteiger partial charge in [-0.1, -0.05) is 6.92 Å². The Morgan fingerprint density at radius 1 is 1.42 bits per heavy atom. The van der Waals surface area contributed by atoms with E-state index in [0.29, 0.717) is 23.2 Å². The number of hydrogen-bond donors (Lipinski definition) is 2. The van der Waals surface area contributed by atoms with E-state index in [-0.39, 0.29) is 11.7 Å². The van der Waals surface area contributed by atoms with Gasteiger partial charge >= 0.3 is 0 Å². The average Bonchev–Trinajstić information content (AvgIpc) is 2.71. The second-order valence-corrected chi connectivity index (χ2v) is 5.49. The third-order valence-corrected chi connectivity index (χ3v) is 3.84. The molecular weight excluding hydrogens is 243 g/mol. The van der Waals surface area contributed by atoms with Crippen LogP contribution in [0.25, 0.3) is 0 Å². The molecule has 0 bridgehead atoms. The summed E-state index contributed by atoms with van der Waals surface area (Å²) in [5, 5.41) is 7.32. The highest BCUT2D eigenvalue weighted by Crippen LogP contribution is 2.28. The highest BCUT2D eigenvalue weighted by atomic mass is 19.1. The van der Waals surface area contributed by atoms with Crippen molar-refractivity contribution in [2.24, 2.45) is 11.7 Å². The molecule has 1 heterocycles. The van der Waals surface area contributed by atoms with Gasteiger partial charge in [0.15, 0.2) is 0 Å². The zero-order valence-electron chi connectivity index (χ0n) is 11.7. The van der Waals surface area contributed by atoms with Crippen LogP contribution in [-0.2, 0) is 0 Å². The van der Waals surface area contributed by atoms with E-state index in [1.807, 2.05) is 0 Å². The summed E-state index contributed by atoms with van der Waals surface area (Å²) in [5.74, 6) is 0.0904. The maximum absolute atomic E-state index is 14.1. The molecule has 0 amide bonds. The van der Waals surface area contributed by atoms with Crippen molar-refractivity contribution in [1.29, 1.82) is 5.41 Å². The molecule has 2 atom stereocenters. The molecule has 2 unspecified atom stereocenters. The van der Waals surface area contributed by atoms with Gasteiger partial charge in [-0.15, -0.1) is 0 Å². The fourth-order valence-corrected chi connectivity index (χ4v) is 2.75. The van der Waals surface area contributed by atoms with E-state index in [1.54, 1.807) is 12.1 Å². The summed E-state index contributed by atoms with van der Waals surface area (Å²) in [5.41, 5.74) is 6.39. The molecule has 1 aromatic carbocycles. The van der Waals surface area contributed by atoms with E-state index < -0.39 is 0 Å². The van der Waals surface area contributed by atoms with Gasteiger partial charge in [0.1, 0.15) is 11.7 Å². The van der Waals surface area contributed by atoms with Crippen molar-refractivity contribution in [3.63, 3.8) is 0 Å². The minimum Gasteiger partial charge on any atom is -0.384 e. The first-order valence-electron chi connectivity index (χ1n) is 6.45. The Bertz CT molecular complexity index is 486. The Hall–Kier alpha value is -1.62. The Morgan fingerprint density at radius 2 is 2.11 bits per heavy atom. The summed E-state index contributed by atoms with van der Waals surface area (Å²) in [6.45, 7) is 3.86. The lowest BCUT2D eigenvalue weighted by Crippen LogP contribution is -2.34. The third kappa shape index (κ3) is 2.71. The number of amidine groups is 1. The van der Waals surface area contributed by atoms with Crippen molar-refractivity contribution in [1.82, 2.24) is 4.90 Å². The monoisotopic (exact) mass is 264 g/mol. The number of anilines is 1. The lowest BCUT2D eigenvalue weighted by Gasteiger charge is -2.23. The maximum atomic E-state index is 14.1. The van der Waals surface area contributed by atoms with Crippen LogP contribution in [0.1, 0.15) is 12.5 Å². The SMILES string of the molecule is CC1CN(c2ccc(C(=N)N)cc2F)CC1N(C)C. The van der Waals surface area contributed by atoms with E-state index in [0.717, 1.165) is 13.1 Å². The van der Waals surface area contributed by atoms with Gasteiger partial charge in [0, 0.05) is 24.7 Å². The molecule has 4 nitrogen and oxygen atoms in total. The number of nitrogens with zero attached hydrogens (tertiary/aromatic N) is 2. The smallest absolute Gasteiger partial charge is 0.147 e. The summed E-state index contributed by atoms with van der Waals surface area (Å²) in [4.78, 5) is 4.25. The zero-order chi connectivity index (χ0) is 14.2. The quantitative estimate of drug-likeness (QED) is 0.642. The van der Waals surface area contributed by atoms with Gasteiger partial charge in [0.05, 0.1) is 5.69 Å². The van der Waals surface area contributed by atoms with Gasteiger partial charge in [0.25, 0.3) is 0 Å². The van der Waals surface area contributed by atoms with Gasteiger partial charge in [0.2, 0.25) is 0 Å². The van der Waals surface area contributed by atoms with E-state index in [1.165, 1.54) is 6.07 Å². The molecule has 0 radical (unpaired) electrons. The maximum Gasteiger partial charge on any atom is 0.147 e. The molecule has 5 heteroatoms. The summed E-state index contributed by atoms with van der Waals surface area (Å²) < 4.78 is 14.1. The minimum absolute atomic E-state index is 0.105. The largest absolute Gasteiger partial charge is 0.384 e. The number of nitrogens with one attached hydrogen (secondary N) is 1. The Kier molecular flexibility index (Phi) is 3.75. The first-order valence-corrected chi connectivity index (χ1v) is 6.45. The van der Waals surface area contributed by atoms with E-state index in [9.17, 15) is 4.39 Å². The van der Waals surface area contributed by atoms with Crippen LogP contribution < -0.4 is 10.6 Å². The molecule has 2 rings (SSSR count). The summed E-state index contributed by atoms with van der Waals surface area (Å²) >= 11 is 0. The Balaban J connectivity index is 2.22. The molecule has 1 aromatic rings. The van der Waals surface area contributed by atoms with Crippen molar-refractivity contribution >= 4 is 11.5 Å². The van der Waals surface area contributed by atoms with Gasteiger partial charge in [-0.25, -0.2) is 4.39 Å². The predicted molar refractivity (Wildman–Crippen MR) is 76.3 cm³/mol. The van der Waals surface area contributed by atoms with Crippen LogP contribution in [0.5, 0.6) is 0 Å². The van der Waals surface area contributed by atoms with Gasteiger partial charge < -0.3 is 15.5 Å². The molecule has 1 aliphatic heterocycles. The Labute approximate surface area is 113 Å². The number of halogens is 1. The molecule has 1 fully saturated rings. The first kappa shape index (κ1) is 13.8. The highest BCUT2D eigenvalue weighted by molar-refractivity contribution is 5.95. The zero-order valence-corrected chi connectivity index (χ0v) is 11.7. The third-order valence-electron chi connectivity index (χ3n) is 3.84. The molecule has 0 saturated carbocycles. The number of likely N-dealkylation sites (N-methyl/N-ethyl adjacent to an activating group) is 1. The van der Waals surface area contributed by atoms with Crippen molar-refractivity contribution in [2.45, 2.75) is 13.0 Å². The van der Waals surface area contributed by atoms with Gasteiger partial charge in [-0.05, 0) is 38.2 Å². The molecule has 3 N–H and O–H groups in total. The van der Waals surface area contributed by atoms with Crippen LogP contribution in [0.3, 0.4) is 0 Å². The topological polar surface area (TPSA) is 56.4 Å².